The van der Waals surface area contributed by atoms with Gasteiger partial charge in [-0.05, 0) is 30.3 Å². The number of nitrogens with one attached hydrogen (secondary N) is 1. The van der Waals surface area contributed by atoms with Crippen molar-refractivity contribution in [2.24, 2.45) is 0 Å². The van der Waals surface area contributed by atoms with Gasteiger partial charge in [0.2, 0.25) is 5.95 Å². The maximum absolute atomic E-state index is 6.13. The molecule has 0 spiro atoms. The molecular formula is C21H22ClN5. The lowest BCUT2D eigenvalue weighted by molar-refractivity contribution is 0.641. The van der Waals surface area contributed by atoms with Gasteiger partial charge in [-0.3, -0.25) is 0 Å². The molecule has 5 nitrogen and oxygen atoms in total. The quantitative estimate of drug-likeness (QED) is 0.673. The van der Waals surface area contributed by atoms with Gasteiger partial charge in [0, 0.05) is 48.8 Å². The van der Waals surface area contributed by atoms with Gasteiger partial charge < -0.3 is 15.1 Å². The van der Waals surface area contributed by atoms with Gasteiger partial charge in [-0.2, -0.15) is 4.98 Å². The summed E-state index contributed by atoms with van der Waals surface area (Å²) in [5.41, 5.74) is 2.11. The van der Waals surface area contributed by atoms with Crippen LogP contribution in [0.4, 0.5) is 17.5 Å². The van der Waals surface area contributed by atoms with Crippen LogP contribution in [0.15, 0.2) is 61.2 Å². The summed E-state index contributed by atoms with van der Waals surface area (Å²) in [5, 5.41) is 5.13. The number of hydrogen-bond donors (Lipinski definition) is 1. The zero-order valence-electron chi connectivity index (χ0n) is 15.1. The van der Waals surface area contributed by atoms with E-state index in [1.54, 1.807) is 0 Å². The second kappa shape index (κ2) is 7.84. The molecule has 0 atom stereocenters. The fourth-order valence-electron chi connectivity index (χ4n) is 3.35. The molecule has 6 heteroatoms. The molecule has 138 valence electrons. The van der Waals surface area contributed by atoms with E-state index < -0.39 is 0 Å². The zero-order valence-corrected chi connectivity index (χ0v) is 15.9. The Hall–Kier alpha value is -2.79. The molecule has 0 bridgehead atoms. The molecule has 1 saturated heterocycles. The molecule has 1 fully saturated rings. The maximum Gasteiger partial charge on any atom is 0.228 e. The Labute approximate surface area is 164 Å². The highest BCUT2D eigenvalue weighted by atomic mass is 35.5. The number of piperazine rings is 1. The summed E-state index contributed by atoms with van der Waals surface area (Å²) in [7, 11) is 0. The van der Waals surface area contributed by atoms with E-state index in [4.69, 9.17) is 21.6 Å². The highest BCUT2D eigenvalue weighted by Crippen LogP contribution is 2.25. The lowest BCUT2D eigenvalue weighted by atomic mass is 10.2. The SMILES string of the molecule is C=CCNc1nc(N2CCN(c3cccc(Cl)c3)CC2)nc2ccccc12. The molecule has 4 rings (SSSR count). The van der Waals surface area contributed by atoms with Crippen LogP contribution in [0.5, 0.6) is 0 Å². The van der Waals surface area contributed by atoms with Gasteiger partial charge in [0.1, 0.15) is 5.82 Å². The summed E-state index contributed by atoms with van der Waals surface area (Å²) < 4.78 is 0. The number of halogens is 1. The Morgan fingerprint density at radius 2 is 1.78 bits per heavy atom. The zero-order chi connectivity index (χ0) is 18.6. The average Bonchev–Trinajstić information content (AvgIpc) is 2.72. The monoisotopic (exact) mass is 379 g/mol. The number of fused-ring (bicyclic) bond motifs is 1. The van der Waals surface area contributed by atoms with Crippen molar-refractivity contribution in [1.82, 2.24) is 9.97 Å². The highest BCUT2D eigenvalue weighted by Gasteiger charge is 2.20. The molecule has 0 unspecified atom stereocenters. The van der Waals surface area contributed by atoms with Crippen molar-refractivity contribution in [3.05, 3.63) is 66.2 Å². The summed E-state index contributed by atoms with van der Waals surface area (Å²) in [6, 6.07) is 16.1. The van der Waals surface area contributed by atoms with E-state index in [0.29, 0.717) is 6.54 Å². The summed E-state index contributed by atoms with van der Waals surface area (Å²) in [4.78, 5) is 14.2. The first-order valence-electron chi connectivity index (χ1n) is 9.11. The number of aromatic nitrogens is 2. The Morgan fingerprint density at radius 3 is 2.56 bits per heavy atom. The van der Waals surface area contributed by atoms with Crippen LogP contribution in [0.25, 0.3) is 10.9 Å². The lowest BCUT2D eigenvalue weighted by Crippen LogP contribution is -2.47. The Bertz CT molecular complexity index is 950. The minimum absolute atomic E-state index is 0.670. The fraction of sp³-hybridized carbons (Fsp3) is 0.238. The van der Waals surface area contributed by atoms with Crippen LogP contribution in [-0.2, 0) is 0 Å². The van der Waals surface area contributed by atoms with E-state index in [9.17, 15) is 0 Å². The summed E-state index contributed by atoms with van der Waals surface area (Å²) in [5.74, 6) is 1.62. The van der Waals surface area contributed by atoms with E-state index in [2.05, 4.69) is 27.8 Å². The minimum atomic E-state index is 0.670. The first-order chi connectivity index (χ1) is 13.2. The van der Waals surface area contributed by atoms with Gasteiger partial charge in [0.25, 0.3) is 0 Å². The predicted molar refractivity (Wildman–Crippen MR) is 114 cm³/mol. The third kappa shape index (κ3) is 3.83. The van der Waals surface area contributed by atoms with Crippen LogP contribution in [0.1, 0.15) is 0 Å². The molecule has 2 heterocycles. The third-order valence-corrected chi connectivity index (χ3v) is 4.98. The number of nitrogens with zero attached hydrogens (tertiary/aromatic N) is 4. The van der Waals surface area contributed by atoms with Crippen LogP contribution >= 0.6 is 11.6 Å². The highest BCUT2D eigenvalue weighted by molar-refractivity contribution is 6.30. The maximum atomic E-state index is 6.13. The Morgan fingerprint density at radius 1 is 1.00 bits per heavy atom. The minimum Gasteiger partial charge on any atom is -0.368 e. The predicted octanol–water partition coefficient (Wildman–Crippen LogP) is 4.21. The van der Waals surface area contributed by atoms with Gasteiger partial charge in [-0.15, -0.1) is 6.58 Å². The van der Waals surface area contributed by atoms with E-state index in [1.807, 2.05) is 48.5 Å². The topological polar surface area (TPSA) is 44.3 Å². The normalized spacial score (nSPS) is 14.4. The van der Waals surface area contributed by atoms with Gasteiger partial charge in [0.15, 0.2) is 0 Å². The van der Waals surface area contributed by atoms with Gasteiger partial charge in [-0.1, -0.05) is 35.9 Å². The van der Waals surface area contributed by atoms with Crippen molar-refractivity contribution in [2.45, 2.75) is 0 Å². The summed E-state index contributed by atoms with van der Waals surface area (Å²) >= 11 is 6.13. The molecule has 0 radical (unpaired) electrons. The first-order valence-corrected chi connectivity index (χ1v) is 9.49. The van der Waals surface area contributed by atoms with Crippen molar-refractivity contribution in [1.29, 1.82) is 0 Å². The largest absolute Gasteiger partial charge is 0.368 e. The summed E-state index contributed by atoms with van der Waals surface area (Å²) in [6.07, 6.45) is 1.83. The van der Waals surface area contributed by atoms with E-state index >= 15 is 0 Å². The molecule has 1 aliphatic rings. The number of hydrogen-bond acceptors (Lipinski definition) is 5. The number of rotatable bonds is 5. The molecule has 0 aliphatic carbocycles. The lowest BCUT2D eigenvalue weighted by Gasteiger charge is -2.36. The molecule has 3 aromatic rings. The second-order valence-corrected chi connectivity index (χ2v) is 6.95. The number of para-hydroxylation sites is 1. The smallest absolute Gasteiger partial charge is 0.228 e. The number of anilines is 3. The van der Waals surface area contributed by atoms with Crippen LogP contribution in [0.3, 0.4) is 0 Å². The first kappa shape index (κ1) is 17.6. The van der Waals surface area contributed by atoms with Gasteiger partial charge in [-0.25, -0.2) is 4.98 Å². The van der Waals surface area contributed by atoms with E-state index in [-0.39, 0.29) is 0 Å². The molecule has 1 aliphatic heterocycles. The van der Waals surface area contributed by atoms with E-state index in [0.717, 1.165) is 59.6 Å². The van der Waals surface area contributed by atoms with Crippen LogP contribution in [-0.4, -0.2) is 42.7 Å². The molecular weight excluding hydrogens is 358 g/mol. The molecule has 1 N–H and O–H groups in total. The standard InChI is InChI=1S/C21H22ClN5/c1-2-10-23-20-18-8-3-4-9-19(18)24-21(25-20)27-13-11-26(12-14-27)17-7-5-6-16(22)15-17/h2-9,15H,1,10-14H2,(H,23,24,25). The molecule has 2 aromatic carbocycles. The van der Waals surface area contributed by atoms with Crippen LogP contribution in [0, 0.1) is 0 Å². The molecule has 0 saturated carbocycles. The number of benzene rings is 2. The van der Waals surface area contributed by atoms with Crippen molar-refractivity contribution in [3.63, 3.8) is 0 Å². The van der Waals surface area contributed by atoms with Crippen LogP contribution in [0.2, 0.25) is 5.02 Å². The molecule has 27 heavy (non-hydrogen) atoms. The van der Waals surface area contributed by atoms with E-state index in [1.165, 1.54) is 0 Å². The summed E-state index contributed by atoms with van der Waals surface area (Å²) in [6.45, 7) is 8.00. The van der Waals surface area contributed by atoms with Gasteiger partial charge in [0.05, 0.1) is 5.52 Å². The van der Waals surface area contributed by atoms with Crippen molar-refractivity contribution in [3.8, 4) is 0 Å². The third-order valence-electron chi connectivity index (χ3n) is 4.74. The van der Waals surface area contributed by atoms with Crippen molar-refractivity contribution >= 4 is 40.0 Å². The Kier molecular flexibility index (Phi) is 5.12. The molecule has 0 amide bonds. The van der Waals surface area contributed by atoms with Crippen molar-refractivity contribution in [2.75, 3.05) is 47.8 Å². The Balaban J connectivity index is 1.55. The molecule has 1 aromatic heterocycles. The van der Waals surface area contributed by atoms with Crippen LogP contribution < -0.4 is 15.1 Å². The fourth-order valence-corrected chi connectivity index (χ4v) is 3.53. The second-order valence-electron chi connectivity index (χ2n) is 6.51. The average molecular weight is 380 g/mol. The van der Waals surface area contributed by atoms with Crippen molar-refractivity contribution < 1.29 is 0 Å². The van der Waals surface area contributed by atoms with Gasteiger partial charge >= 0.3 is 0 Å².